The first-order chi connectivity index (χ1) is 21.1. The molecule has 0 bridgehead atoms. The molecule has 0 heterocycles. The van der Waals surface area contributed by atoms with Gasteiger partial charge >= 0.3 is 23.9 Å². The minimum absolute atomic E-state index is 0.258. The predicted octanol–water partition coefficient (Wildman–Crippen LogP) is 8.92. The highest BCUT2D eigenvalue weighted by Crippen LogP contribution is 2.39. The first-order valence-electron chi connectivity index (χ1n) is 16.0. The van der Waals surface area contributed by atoms with Gasteiger partial charge in [0.2, 0.25) is 0 Å². The molecule has 250 valence electrons. The molecule has 0 spiro atoms. The zero-order valence-corrected chi connectivity index (χ0v) is 28.6. The lowest BCUT2D eigenvalue weighted by molar-refractivity contribution is -0.142. The van der Waals surface area contributed by atoms with E-state index in [4.69, 9.17) is 19.7 Å². The Labute approximate surface area is 269 Å². The average Bonchev–Trinajstić information content (AvgIpc) is 2.95. The van der Waals surface area contributed by atoms with Crippen LogP contribution in [0.15, 0.2) is 34.9 Å². The highest BCUT2D eigenvalue weighted by molar-refractivity contribution is 5.81. The Morgan fingerprint density at radius 2 is 1.09 bits per heavy atom. The Kier molecular flexibility index (Phi) is 17.8. The maximum atomic E-state index is 12.5. The summed E-state index contributed by atoms with van der Waals surface area (Å²) in [7, 11) is 0. The number of allylic oxidation sites excluding steroid dienone is 6. The molecule has 1 aromatic carbocycles. The van der Waals surface area contributed by atoms with Gasteiger partial charge in [-0.1, -0.05) is 41.9 Å². The number of ether oxygens (including phenoxy) is 2. The lowest BCUT2D eigenvalue weighted by Crippen LogP contribution is -2.16. The molecule has 0 aliphatic heterocycles. The molecule has 0 saturated heterocycles. The Hall–Kier alpha value is -3.68. The molecule has 1 rings (SSSR count). The van der Waals surface area contributed by atoms with Crippen molar-refractivity contribution >= 4 is 23.9 Å². The summed E-state index contributed by atoms with van der Waals surface area (Å²) in [4.78, 5) is 46.9. The molecule has 2 N–H and O–H groups in total. The number of esters is 2. The number of carbonyl (C=O) groups excluding carboxylic acids is 2. The van der Waals surface area contributed by atoms with Crippen molar-refractivity contribution in [3.63, 3.8) is 0 Å². The first kappa shape index (κ1) is 39.3. The van der Waals surface area contributed by atoms with Crippen LogP contribution in [0.2, 0.25) is 0 Å². The van der Waals surface area contributed by atoms with Crippen molar-refractivity contribution in [3.05, 3.63) is 57.2 Å². The number of rotatable bonds is 20. The van der Waals surface area contributed by atoms with Gasteiger partial charge in [0, 0.05) is 5.56 Å². The standard InChI is InChI=1S/C37H54O8/c1-24(2)12-9-13-25(3)14-10-15-26(4)16-11-17-27(5)18-19-31-30(8)36(44-34(42)22-20-32(38)39)28(6)29(7)37(31)45-35(43)23-21-33(40)41/h12,14,16,27H,9-11,13,15,17-23H2,1-8H3,(H,38,39)(H,40,41)/b25-14+,26-16+. The molecule has 1 atom stereocenters. The number of carboxylic acids is 2. The third-order valence-corrected chi connectivity index (χ3v) is 7.99. The molecular formula is C37H54O8. The first-order valence-corrected chi connectivity index (χ1v) is 16.0. The number of benzene rings is 1. The predicted molar refractivity (Wildman–Crippen MR) is 178 cm³/mol. The van der Waals surface area contributed by atoms with Crippen LogP contribution in [0.4, 0.5) is 0 Å². The number of carbonyl (C=O) groups is 4. The molecule has 45 heavy (non-hydrogen) atoms. The largest absolute Gasteiger partial charge is 0.481 e. The summed E-state index contributed by atoms with van der Waals surface area (Å²) in [6.45, 7) is 16.1. The zero-order valence-electron chi connectivity index (χ0n) is 28.6. The smallest absolute Gasteiger partial charge is 0.311 e. The van der Waals surface area contributed by atoms with Crippen LogP contribution >= 0.6 is 0 Å². The Morgan fingerprint density at radius 1 is 0.622 bits per heavy atom. The number of hydrogen-bond acceptors (Lipinski definition) is 6. The van der Waals surface area contributed by atoms with Crippen LogP contribution < -0.4 is 9.47 Å². The van der Waals surface area contributed by atoms with E-state index in [1.54, 1.807) is 20.8 Å². The number of hydrogen-bond donors (Lipinski definition) is 2. The highest BCUT2D eigenvalue weighted by atomic mass is 16.5. The van der Waals surface area contributed by atoms with E-state index >= 15 is 0 Å². The summed E-state index contributed by atoms with van der Waals surface area (Å²) in [5.74, 6) is -2.38. The second-order valence-electron chi connectivity index (χ2n) is 12.4. The van der Waals surface area contributed by atoms with Crippen molar-refractivity contribution in [2.75, 3.05) is 0 Å². The van der Waals surface area contributed by atoms with Crippen LogP contribution in [0, 0.1) is 26.7 Å². The molecule has 8 heteroatoms. The minimum atomic E-state index is -1.09. The molecule has 1 aromatic rings. The quantitative estimate of drug-likeness (QED) is 0.0834. The van der Waals surface area contributed by atoms with Gasteiger partial charge in [-0.25, -0.2) is 0 Å². The van der Waals surface area contributed by atoms with E-state index in [0.717, 1.165) is 50.5 Å². The molecule has 1 unspecified atom stereocenters. The molecule has 0 fully saturated rings. The van der Waals surface area contributed by atoms with E-state index in [-0.39, 0.29) is 25.7 Å². The molecule has 0 radical (unpaired) electrons. The molecule has 0 aliphatic carbocycles. The summed E-state index contributed by atoms with van der Waals surface area (Å²) >= 11 is 0. The van der Waals surface area contributed by atoms with Gasteiger partial charge < -0.3 is 19.7 Å². The lowest BCUT2D eigenvalue weighted by atomic mass is 9.90. The fourth-order valence-corrected chi connectivity index (χ4v) is 4.98. The summed E-state index contributed by atoms with van der Waals surface area (Å²) in [6.07, 6.45) is 13.3. The van der Waals surface area contributed by atoms with Crippen molar-refractivity contribution in [2.45, 2.75) is 132 Å². The molecule has 0 amide bonds. The van der Waals surface area contributed by atoms with Crippen LogP contribution in [0.3, 0.4) is 0 Å². The second-order valence-corrected chi connectivity index (χ2v) is 12.4. The zero-order chi connectivity index (χ0) is 34.1. The van der Waals surface area contributed by atoms with E-state index in [2.05, 4.69) is 52.8 Å². The van der Waals surface area contributed by atoms with Gasteiger partial charge in [0.25, 0.3) is 0 Å². The van der Waals surface area contributed by atoms with Gasteiger partial charge in [-0.05, 0) is 122 Å². The van der Waals surface area contributed by atoms with E-state index in [1.807, 2.05) is 0 Å². The third kappa shape index (κ3) is 15.7. The van der Waals surface area contributed by atoms with Crippen LogP contribution in [0.1, 0.15) is 128 Å². The van der Waals surface area contributed by atoms with E-state index in [0.29, 0.717) is 40.5 Å². The van der Waals surface area contributed by atoms with Crippen LogP contribution in [0.5, 0.6) is 11.5 Å². The van der Waals surface area contributed by atoms with Crippen LogP contribution in [-0.2, 0) is 25.6 Å². The molecule has 8 nitrogen and oxygen atoms in total. The lowest BCUT2D eigenvalue weighted by Gasteiger charge is -2.22. The molecule has 0 aliphatic rings. The summed E-state index contributed by atoms with van der Waals surface area (Å²) in [6, 6.07) is 0. The Bertz CT molecular complexity index is 1280. The molecule has 0 saturated carbocycles. The van der Waals surface area contributed by atoms with Gasteiger partial charge in [-0.15, -0.1) is 0 Å². The van der Waals surface area contributed by atoms with Gasteiger partial charge in [-0.2, -0.15) is 0 Å². The summed E-state index contributed by atoms with van der Waals surface area (Å²) in [5.41, 5.74) is 6.77. The van der Waals surface area contributed by atoms with Crippen molar-refractivity contribution in [1.29, 1.82) is 0 Å². The van der Waals surface area contributed by atoms with E-state index < -0.39 is 23.9 Å². The topological polar surface area (TPSA) is 127 Å². The molecular weight excluding hydrogens is 572 g/mol. The fourth-order valence-electron chi connectivity index (χ4n) is 4.98. The Balaban J connectivity index is 2.98. The number of carboxylic acid groups (broad SMARTS) is 2. The SMILES string of the molecule is CC(C)=CCC/C(C)=C/CC/C(C)=C/CCC(C)CCc1c(C)c(OC(=O)CCC(=O)O)c(C)c(C)c1OC(=O)CCC(=O)O. The number of aliphatic carboxylic acids is 2. The average molecular weight is 627 g/mol. The normalized spacial score (nSPS) is 12.4. The van der Waals surface area contributed by atoms with Crippen molar-refractivity contribution in [2.24, 2.45) is 5.92 Å². The molecule has 0 aromatic heterocycles. The fraction of sp³-hybridized carbons (Fsp3) is 0.568. The van der Waals surface area contributed by atoms with Crippen molar-refractivity contribution in [1.82, 2.24) is 0 Å². The monoisotopic (exact) mass is 626 g/mol. The van der Waals surface area contributed by atoms with Gasteiger partial charge in [0.05, 0.1) is 25.7 Å². The van der Waals surface area contributed by atoms with E-state index in [1.165, 1.54) is 16.7 Å². The van der Waals surface area contributed by atoms with Gasteiger partial charge in [-0.3, -0.25) is 19.2 Å². The van der Waals surface area contributed by atoms with Crippen LogP contribution in [0.25, 0.3) is 0 Å². The highest BCUT2D eigenvalue weighted by Gasteiger charge is 2.24. The summed E-state index contributed by atoms with van der Waals surface area (Å²) < 4.78 is 11.3. The van der Waals surface area contributed by atoms with Gasteiger partial charge in [0.1, 0.15) is 11.5 Å². The van der Waals surface area contributed by atoms with Crippen LogP contribution in [-0.4, -0.2) is 34.1 Å². The minimum Gasteiger partial charge on any atom is -0.481 e. The van der Waals surface area contributed by atoms with Crippen molar-refractivity contribution < 1.29 is 38.9 Å². The van der Waals surface area contributed by atoms with Gasteiger partial charge in [0.15, 0.2) is 0 Å². The third-order valence-electron chi connectivity index (χ3n) is 7.99. The summed E-state index contributed by atoms with van der Waals surface area (Å²) in [5, 5.41) is 17.9. The van der Waals surface area contributed by atoms with E-state index in [9.17, 15) is 19.2 Å². The maximum Gasteiger partial charge on any atom is 0.311 e. The van der Waals surface area contributed by atoms with Crippen molar-refractivity contribution in [3.8, 4) is 11.5 Å². The Morgan fingerprint density at radius 3 is 1.60 bits per heavy atom. The maximum absolute atomic E-state index is 12.5. The second kappa shape index (κ2) is 20.4.